The van der Waals surface area contributed by atoms with E-state index in [4.69, 9.17) is 6.42 Å². The van der Waals surface area contributed by atoms with Crippen molar-refractivity contribution in [2.75, 3.05) is 6.54 Å². The van der Waals surface area contributed by atoms with Crippen LogP contribution in [0.15, 0.2) is 16.7 Å². The van der Waals surface area contributed by atoms with E-state index < -0.39 is 0 Å². The number of rotatable bonds is 5. The van der Waals surface area contributed by atoms with E-state index in [1.807, 2.05) is 12.3 Å². The van der Waals surface area contributed by atoms with Crippen LogP contribution in [-0.2, 0) is 0 Å². The van der Waals surface area contributed by atoms with Crippen molar-refractivity contribution in [3.05, 3.63) is 22.4 Å². The predicted molar refractivity (Wildman–Crippen MR) is 70.8 cm³/mol. The van der Waals surface area contributed by atoms with Crippen molar-refractivity contribution < 1.29 is 4.79 Å². The van der Waals surface area contributed by atoms with Crippen LogP contribution in [0.5, 0.6) is 0 Å². The van der Waals surface area contributed by atoms with Gasteiger partial charge in [-0.25, -0.2) is 0 Å². The minimum atomic E-state index is -0.0142. The SMILES string of the molecule is C#CCCCNC(=O)c1cc(Br)cn1C1CC1. The Hall–Kier alpha value is -1.21. The van der Waals surface area contributed by atoms with Gasteiger partial charge in [0, 0.05) is 29.7 Å². The minimum Gasteiger partial charge on any atom is -0.351 e. The molecule has 0 aliphatic heterocycles. The summed E-state index contributed by atoms with van der Waals surface area (Å²) in [6.07, 6.45) is 11.0. The van der Waals surface area contributed by atoms with Crippen molar-refractivity contribution in [2.24, 2.45) is 0 Å². The van der Waals surface area contributed by atoms with E-state index in [1.54, 1.807) is 0 Å². The van der Waals surface area contributed by atoms with Gasteiger partial charge in [-0.3, -0.25) is 4.79 Å². The second kappa shape index (κ2) is 5.42. The maximum atomic E-state index is 12.0. The second-order valence-corrected chi connectivity index (χ2v) is 5.16. The van der Waals surface area contributed by atoms with Gasteiger partial charge in [0.15, 0.2) is 0 Å². The lowest BCUT2D eigenvalue weighted by Gasteiger charge is -2.07. The molecule has 1 aromatic rings. The standard InChI is InChI=1S/C13H15BrN2O/c1-2-3-4-7-15-13(17)12-8-10(14)9-16(12)11-5-6-11/h1,8-9,11H,3-7H2,(H,15,17). The van der Waals surface area contributed by atoms with Gasteiger partial charge in [0.2, 0.25) is 0 Å². The molecule has 0 unspecified atom stereocenters. The Morgan fingerprint density at radius 2 is 2.41 bits per heavy atom. The summed E-state index contributed by atoms with van der Waals surface area (Å²) in [4.78, 5) is 12.0. The van der Waals surface area contributed by atoms with E-state index in [0.29, 0.717) is 19.0 Å². The van der Waals surface area contributed by atoms with Gasteiger partial charge in [-0.2, -0.15) is 0 Å². The van der Waals surface area contributed by atoms with Gasteiger partial charge in [0.1, 0.15) is 5.69 Å². The number of terminal acetylenes is 1. The summed E-state index contributed by atoms with van der Waals surface area (Å²) in [5.74, 6) is 2.55. The van der Waals surface area contributed by atoms with Gasteiger partial charge in [0.25, 0.3) is 5.91 Å². The molecule has 3 nitrogen and oxygen atoms in total. The summed E-state index contributed by atoms with van der Waals surface area (Å²) in [6, 6.07) is 2.38. The van der Waals surface area contributed by atoms with Gasteiger partial charge in [-0.1, -0.05) is 0 Å². The summed E-state index contributed by atoms with van der Waals surface area (Å²) in [7, 11) is 0. The summed E-state index contributed by atoms with van der Waals surface area (Å²) in [5, 5.41) is 2.89. The third-order valence-corrected chi connectivity index (χ3v) is 3.21. The smallest absolute Gasteiger partial charge is 0.267 e. The van der Waals surface area contributed by atoms with Crippen molar-refractivity contribution in [3.63, 3.8) is 0 Å². The van der Waals surface area contributed by atoms with E-state index in [9.17, 15) is 4.79 Å². The van der Waals surface area contributed by atoms with Crippen molar-refractivity contribution in [1.29, 1.82) is 0 Å². The molecule has 0 bridgehead atoms. The first-order chi connectivity index (χ1) is 8.22. The first-order valence-electron chi connectivity index (χ1n) is 5.81. The fourth-order valence-corrected chi connectivity index (χ4v) is 2.20. The Balaban J connectivity index is 1.96. The highest BCUT2D eigenvalue weighted by Gasteiger charge is 2.27. The first kappa shape index (κ1) is 12.3. The monoisotopic (exact) mass is 294 g/mol. The van der Waals surface area contributed by atoms with Gasteiger partial charge < -0.3 is 9.88 Å². The molecule has 17 heavy (non-hydrogen) atoms. The molecule has 2 rings (SSSR count). The van der Waals surface area contributed by atoms with Gasteiger partial charge in [-0.05, 0) is 41.3 Å². The molecule has 1 saturated carbocycles. The van der Waals surface area contributed by atoms with Crippen LogP contribution in [0, 0.1) is 12.3 Å². The van der Waals surface area contributed by atoms with Crippen LogP contribution in [0.2, 0.25) is 0 Å². The molecule has 1 aliphatic rings. The molecule has 0 atom stereocenters. The molecule has 1 aromatic heterocycles. The Kier molecular flexibility index (Phi) is 3.90. The number of carbonyl (C=O) groups is 1. The number of carbonyl (C=O) groups excluding carboxylic acids is 1. The van der Waals surface area contributed by atoms with Crippen LogP contribution in [0.1, 0.15) is 42.2 Å². The number of hydrogen-bond donors (Lipinski definition) is 1. The van der Waals surface area contributed by atoms with Crippen molar-refractivity contribution in [3.8, 4) is 12.3 Å². The third kappa shape index (κ3) is 3.13. The number of nitrogens with zero attached hydrogens (tertiary/aromatic N) is 1. The first-order valence-corrected chi connectivity index (χ1v) is 6.60. The fraction of sp³-hybridized carbons (Fsp3) is 0.462. The zero-order valence-corrected chi connectivity index (χ0v) is 11.2. The average molecular weight is 295 g/mol. The minimum absolute atomic E-state index is 0.0142. The highest BCUT2D eigenvalue weighted by atomic mass is 79.9. The number of nitrogens with one attached hydrogen (secondary N) is 1. The third-order valence-electron chi connectivity index (χ3n) is 2.77. The molecule has 1 amide bonds. The maximum absolute atomic E-state index is 12.0. The number of halogens is 1. The van der Waals surface area contributed by atoms with Crippen LogP contribution in [0.3, 0.4) is 0 Å². The van der Waals surface area contributed by atoms with Crippen LogP contribution in [0.4, 0.5) is 0 Å². The molecule has 0 aromatic carbocycles. The zero-order chi connectivity index (χ0) is 12.3. The molecular formula is C13H15BrN2O. The Bertz CT molecular complexity index is 454. The highest BCUT2D eigenvalue weighted by molar-refractivity contribution is 9.10. The number of unbranched alkanes of at least 4 members (excludes halogenated alkanes) is 1. The number of hydrogen-bond acceptors (Lipinski definition) is 1. The van der Waals surface area contributed by atoms with Crippen LogP contribution in [0.25, 0.3) is 0 Å². The number of amides is 1. The Morgan fingerprint density at radius 1 is 1.65 bits per heavy atom. The molecule has 0 spiro atoms. The van der Waals surface area contributed by atoms with Crippen LogP contribution in [-0.4, -0.2) is 17.0 Å². The van der Waals surface area contributed by atoms with E-state index in [2.05, 4.69) is 31.7 Å². The van der Waals surface area contributed by atoms with E-state index in [0.717, 1.165) is 16.6 Å². The largest absolute Gasteiger partial charge is 0.351 e. The zero-order valence-electron chi connectivity index (χ0n) is 9.58. The molecule has 1 aliphatic carbocycles. The number of aromatic nitrogens is 1. The van der Waals surface area contributed by atoms with Gasteiger partial charge in [0.05, 0.1) is 0 Å². The topological polar surface area (TPSA) is 34.0 Å². The molecule has 1 N–H and O–H groups in total. The molecule has 0 radical (unpaired) electrons. The highest BCUT2D eigenvalue weighted by Crippen LogP contribution is 2.37. The van der Waals surface area contributed by atoms with Crippen molar-refractivity contribution in [2.45, 2.75) is 31.7 Å². The predicted octanol–water partition coefficient (Wildman–Crippen LogP) is 2.73. The quantitative estimate of drug-likeness (QED) is 0.658. The second-order valence-electron chi connectivity index (χ2n) is 4.25. The summed E-state index contributed by atoms with van der Waals surface area (Å²) >= 11 is 3.41. The van der Waals surface area contributed by atoms with E-state index in [1.165, 1.54) is 12.8 Å². The van der Waals surface area contributed by atoms with Gasteiger partial charge >= 0.3 is 0 Å². The lowest BCUT2D eigenvalue weighted by atomic mass is 10.3. The molecular weight excluding hydrogens is 280 g/mol. The normalized spacial score (nSPS) is 14.4. The van der Waals surface area contributed by atoms with Gasteiger partial charge in [-0.15, -0.1) is 12.3 Å². The molecule has 1 heterocycles. The average Bonchev–Trinajstić information content (AvgIpc) is 3.08. The summed E-state index contributed by atoms with van der Waals surface area (Å²) in [5.41, 5.74) is 0.736. The van der Waals surface area contributed by atoms with Crippen LogP contribution < -0.4 is 5.32 Å². The Labute approximate surface area is 110 Å². The lowest BCUT2D eigenvalue weighted by molar-refractivity contribution is 0.0944. The van der Waals surface area contributed by atoms with Crippen molar-refractivity contribution in [1.82, 2.24) is 9.88 Å². The van der Waals surface area contributed by atoms with Crippen molar-refractivity contribution >= 4 is 21.8 Å². The Morgan fingerprint density at radius 3 is 3.06 bits per heavy atom. The lowest BCUT2D eigenvalue weighted by Crippen LogP contribution is -2.26. The van der Waals surface area contributed by atoms with Crippen LogP contribution >= 0.6 is 15.9 Å². The van der Waals surface area contributed by atoms with E-state index >= 15 is 0 Å². The van der Waals surface area contributed by atoms with E-state index in [-0.39, 0.29) is 5.91 Å². The fourth-order valence-electron chi connectivity index (χ4n) is 1.77. The summed E-state index contributed by atoms with van der Waals surface area (Å²) in [6.45, 7) is 0.635. The molecule has 4 heteroatoms. The molecule has 90 valence electrons. The molecule has 1 fully saturated rings. The summed E-state index contributed by atoms with van der Waals surface area (Å²) < 4.78 is 3.01. The maximum Gasteiger partial charge on any atom is 0.267 e. The molecule has 0 saturated heterocycles.